The smallest absolute Gasteiger partial charge is 0.129 e. The fraction of sp³-hybridized carbons (Fsp3) is 0.636. The highest BCUT2D eigenvalue weighted by atomic mass is 16.5. The predicted molar refractivity (Wildman–Crippen MR) is 55.7 cm³/mol. The number of aryl methyl sites for hydroxylation is 1. The van der Waals surface area contributed by atoms with Gasteiger partial charge in [-0.1, -0.05) is 0 Å². The van der Waals surface area contributed by atoms with E-state index in [1.807, 2.05) is 19.1 Å². The van der Waals surface area contributed by atoms with Crippen LogP contribution in [0.5, 0.6) is 0 Å². The van der Waals surface area contributed by atoms with E-state index in [2.05, 4.69) is 5.32 Å². The van der Waals surface area contributed by atoms with E-state index in [-0.39, 0.29) is 6.10 Å². The molecular weight excluding hydrogens is 194 g/mol. The topological polar surface area (TPSA) is 43.6 Å². The molecule has 0 amide bonds. The van der Waals surface area contributed by atoms with Gasteiger partial charge in [0.1, 0.15) is 18.1 Å². The van der Waals surface area contributed by atoms with Gasteiger partial charge in [-0.25, -0.2) is 0 Å². The molecule has 1 aromatic rings. The fourth-order valence-corrected chi connectivity index (χ4v) is 1.58. The second-order valence-corrected chi connectivity index (χ2v) is 3.72. The number of furan rings is 1. The minimum absolute atomic E-state index is 0.176. The molecule has 0 aromatic carbocycles. The lowest BCUT2D eigenvalue weighted by Gasteiger charge is -2.23. The first kappa shape index (κ1) is 10.7. The van der Waals surface area contributed by atoms with Crippen molar-refractivity contribution in [1.82, 2.24) is 5.32 Å². The molecule has 2 rings (SSSR count). The Bertz CT molecular complexity index is 292. The van der Waals surface area contributed by atoms with E-state index >= 15 is 0 Å². The molecule has 0 bridgehead atoms. The summed E-state index contributed by atoms with van der Waals surface area (Å²) in [5.41, 5.74) is 0. The summed E-state index contributed by atoms with van der Waals surface area (Å²) in [6.07, 6.45) is 0.176. The Morgan fingerprint density at radius 1 is 1.53 bits per heavy atom. The minimum Gasteiger partial charge on any atom is -0.464 e. The van der Waals surface area contributed by atoms with E-state index in [1.165, 1.54) is 0 Å². The molecule has 4 heteroatoms. The number of nitrogens with one attached hydrogen (secondary N) is 1. The normalized spacial score (nSPS) is 21.8. The monoisotopic (exact) mass is 211 g/mol. The standard InChI is InChI=1S/C11H17NO3/c1-9-2-3-10(15-9)7-13-8-11-6-12-4-5-14-11/h2-3,11-12H,4-8H2,1H3. The number of ether oxygens (including phenoxy) is 2. The SMILES string of the molecule is Cc1ccc(COCC2CNCCO2)o1. The van der Waals surface area contributed by atoms with Gasteiger partial charge >= 0.3 is 0 Å². The van der Waals surface area contributed by atoms with Gasteiger partial charge in [-0.15, -0.1) is 0 Å². The zero-order valence-corrected chi connectivity index (χ0v) is 8.99. The van der Waals surface area contributed by atoms with Crippen molar-refractivity contribution in [2.24, 2.45) is 0 Å². The highest BCUT2D eigenvalue weighted by molar-refractivity contribution is 5.04. The number of hydrogen-bond donors (Lipinski definition) is 1. The Balaban J connectivity index is 1.65. The van der Waals surface area contributed by atoms with Crippen LogP contribution >= 0.6 is 0 Å². The quantitative estimate of drug-likeness (QED) is 0.809. The van der Waals surface area contributed by atoms with Gasteiger partial charge in [0, 0.05) is 13.1 Å². The second-order valence-electron chi connectivity index (χ2n) is 3.72. The van der Waals surface area contributed by atoms with Crippen LogP contribution in [-0.2, 0) is 16.1 Å². The van der Waals surface area contributed by atoms with Crippen LogP contribution in [0.25, 0.3) is 0 Å². The van der Waals surface area contributed by atoms with Gasteiger partial charge in [-0.2, -0.15) is 0 Å². The Morgan fingerprint density at radius 3 is 3.13 bits per heavy atom. The molecule has 15 heavy (non-hydrogen) atoms. The van der Waals surface area contributed by atoms with Crippen LogP contribution in [-0.4, -0.2) is 32.4 Å². The maximum atomic E-state index is 5.51. The third-order valence-electron chi connectivity index (χ3n) is 2.35. The maximum Gasteiger partial charge on any atom is 0.129 e. The van der Waals surface area contributed by atoms with Gasteiger partial charge in [0.25, 0.3) is 0 Å². The van der Waals surface area contributed by atoms with Crippen molar-refractivity contribution in [1.29, 1.82) is 0 Å². The number of rotatable bonds is 4. The summed E-state index contributed by atoms with van der Waals surface area (Å²) in [7, 11) is 0. The zero-order chi connectivity index (χ0) is 10.5. The lowest BCUT2D eigenvalue weighted by Crippen LogP contribution is -2.40. The van der Waals surface area contributed by atoms with Crippen LogP contribution in [0, 0.1) is 6.92 Å². The number of hydrogen-bond acceptors (Lipinski definition) is 4. The summed E-state index contributed by atoms with van der Waals surface area (Å²) in [5, 5.41) is 3.26. The molecule has 84 valence electrons. The molecule has 2 heterocycles. The maximum absolute atomic E-state index is 5.51. The number of morpholine rings is 1. The first-order valence-electron chi connectivity index (χ1n) is 5.30. The molecule has 1 aliphatic heterocycles. The van der Waals surface area contributed by atoms with Crippen molar-refractivity contribution in [3.8, 4) is 0 Å². The first-order valence-corrected chi connectivity index (χ1v) is 5.30. The molecule has 1 aromatic heterocycles. The average molecular weight is 211 g/mol. The van der Waals surface area contributed by atoms with Crippen LogP contribution in [0.4, 0.5) is 0 Å². The largest absolute Gasteiger partial charge is 0.464 e. The van der Waals surface area contributed by atoms with Crippen molar-refractivity contribution in [3.05, 3.63) is 23.7 Å². The third kappa shape index (κ3) is 3.34. The minimum atomic E-state index is 0.176. The van der Waals surface area contributed by atoms with Gasteiger partial charge < -0.3 is 19.2 Å². The molecular formula is C11H17NO3. The molecule has 1 fully saturated rings. The van der Waals surface area contributed by atoms with E-state index in [4.69, 9.17) is 13.9 Å². The van der Waals surface area contributed by atoms with Crippen LogP contribution in [0.15, 0.2) is 16.5 Å². The van der Waals surface area contributed by atoms with Crippen LogP contribution < -0.4 is 5.32 Å². The van der Waals surface area contributed by atoms with E-state index in [0.29, 0.717) is 13.2 Å². The van der Waals surface area contributed by atoms with Crippen molar-refractivity contribution >= 4 is 0 Å². The second kappa shape index (κ2) is 5.30. The van der Waals surface area contributed by atoms with Gasteiger partial charge in [-0.3, -0.25) is 0 Å². The highest BCUT2D eigenvalue weighted by Crippen LogP contribution is 2.08. The Kier molecular flexibility index (Phi) is 3.77. The highest BCUT2D eigenvalue weighted by Gasteiger charge is 2.13. The lowest BCUT2D eigenvalue weighted by molar-refractivity contribution is -0.0385. The third-order valence-corrected chi connectivity index (χ3v) is 2.35. The summed E-state index contributed by atoms with van der Waals surface area (Å²) in [6, 6.07) is 3.88. The average Bonchev–Trinajstić information content (AvgIpc) is 2.66. The summed E-state index contributed by atoms with van der Waals surface area (Å²) < 4.78 is 16.4. The molecule has 0 spiro atoms. The van der Waals surface area contributed by atoms with E-state index < -0.39 is 0 Å². The molecule has 1 unspecified atom stereocenters. The van der Waals surface area contributed by atoms with Crippen molar-refractivity contribution in [2.45, 2.75) is 19.6 Å². The predicted octanol–water partition coefficient (Wildman–Crippen LogP) is 1.09. The van der Waals surface area contributed by atoms with Gasteiger partial charge in [-0.05, 0) is 19.1 Å². The summed E-state index contributed by atoms with van der Waals surface area (Å²) in [5.74, 6) is 1.79. The van der Waals surface area contributed by atoms with Crippen molar-refractivity contribution in [2.75, 3.05) is 26.3 Å². The van der Waals surface area contributed by atoms with Crippen molar-refractivity contribution < 1.29 is 13.9 Å². The lowest BCUT2D eigenvalue weighted by atomic mass is 10.3. The van der Waals surface area contributed by atoms with Crippen LogP contribution in [0.2, 0.25) is 0 Å². The van der Waals surface area contributed by atoms with E-state index in [9.17, 15) is 0 Å². The molecule has 0 aliphatic carbocycles. The first-order chi connectivity index (χ1) is 7.34. The molecule has 1 atom stereocenters. The summed E-state index contributed by atoms with van der Waals surface area (Å²) >= 11 is 0. The summed E-state index contributed by atoms with van der Waals surface area (Å²) in [4.78, 5) is 0. The van der Waals surface area contributed by atoms with Crippen LogP contribution in [0.3, 0.4) is 0 Å². The zero-order valence-electron chi connectivity index (χ0n) is 8.99. The Morgan fingerprint density at radius 2 is 2.47 bits per heavy atom. The summed E-state index contributed by atoms with van der Waals surface area (Å²) in [6.45, 7) is 5.65. The molecule has 4 nitrogen and oxygen atoms in total. The van der Waals surface area contributed by atoms with Gasteiger partial charge in [0.2, 0.25) is 0 Å². The van der Waals surface area contributed by atoms with Gasteiger partial charge in [0.15, 0.2) is 0 Å². The molecule has 1 saturated heterocycles. The fourth-order valence-electron chi connectivity index (χ4n) is 1.58. The van der Waals surface area contributed by atoms with E-state index in [1.54, 1.807) is 0 Å². The molecule has 0 radical (unpaired) electrons. The Hall–Kier alpha value is -0.840. The van der Waals surface area contributed by atoms with Crippen molar-refractivity contribution in [3.63, 3.8) is 0 Å². The molecule has 1 aliphatic rings. The molecule has 0 saturated carbocycles. The van der Waals surface area contributed by atoms with E-state index in [0.717, 1.165) is 31.2 Å². The van der Waals surface area contributed by atoms with Crippen LogP contribution in [0.1, 0.15) is 11.5 Å². The Labute approximate surface area is 89.6 Å². The van der Waals surface area contributed by atoms with Gasteiger partial charge in [0.05, 0.1) is 19.3 Å². The molecule has 1 N–H and O–H groups in total.